The Bertz CT molecular complexity index is 229. The van der Waals surface area contributed by atoms with Crippen LogP contribution in [0, 0.1) is 12.8 Å². The highest BCUT2D eigenvalue weighted by Crippen LogP contribution is 2.03. The van der Waals surface area contributed by atoms with Crippen molar-refractivity contribution in [2.24, 2.45) is 11.7 Å². The van der Waals surface area contributed by atoms with Gasteiger partial charge in [-0.05, 0) is 19.3 Å². The van der Waals surface area contributed by atoms with Crippen LogP contribution in [0.25, 0.3) is 0 Å². The van der Waals surface area contributed by atoms with E-state index in [4.69, 9.17) is 10.8 Å². The van der Waals surface area contributed by atoms with E-state index in [9.17, 15) is 9.59 Å². The molecule has 0 saturated carbocycles. The molecule has 0 saturated heterocycles. The van der Waals surface area contributed by atoms with E-state index in [1.807, 2.05) is 13.8 Å². The van der Waals surface area contributed by atoms with Crippen LogP contribution >= 0.6 is 0 Å². The first kappa shape index (κ1) is 13.9. The van der Waals surface area contributed by atoms with Gasteiger partial charge in [0.1, 0.15) is 0 Å². The van der Waals surface area contributed by atoms with E-state index in [1.165, 1.54) is 0 Å². The first-order valence-electron chi connectivity index (χ1n) is 4.93. The summed E-state index contributed by atoms with van der Waals surface area (Å²) in [6.45, 7) is 7.78. The Kier molecular flexibility index (Phi) is 5.93. The zero-order valence-electron chi connectivity index (χ0n) is 9.19. The van der Waals surface area contributed by atoms with Crippen molar-refractivity contribution < 1.29 is 14.7 Å². The molecule has 0 aromatic rings. The van der Waals surface area contributed by atoms with E-state index in [0.717, 1.165) is 6.42 Å². The molecule has 0 aromatic heterocycles. The second-order valence-electron chi connectivity index (χ2n) is 4.04. The number of carboxylic acid groups (broad SMARTS) is 1. The molecular formula is C10H19N2O3. The third kappa shape index (κ3) is 6.90. The number of nitrogens with one attached hydrogen (secondary N) is 1. The first-order valence-corrected chi connectivity index (χ1v) is 4.93. The normalized spacial score (nSPS) is 14.7. The van der Waals surface area contributed by atoms with Gasteiger partial charge in [-0.3, -0.25) is 9.59 Å². The molecule has 1 amide bonds. The van der Waals surface area contributed by atoms with E-state index >= 15 is 0 Å². The minimum atomic E-state index is -1.08. The van der Waals surface area contributed by atoms with Crippen LogP contribution in [0.1, 0.15) is 26.7 Å². The SMILES string of the molecule is [CH2]C(CC(C)C)NC(=O)C(N)CC(=O)O. The highest BCUT2D eigenvalue weighted by molar-refractivity contribution is 5.86. The van der Waals surface area contributed by atoms with Crippen LogP contribution in [0.2, 0.25) is 0 Å². The summed E-state index contributed by atoms with van der Waals surface area (Å²) in [6, 6.07) is -1.23. The lowest BCUT2D eigenvalue weighted by atomic mass is 10.0. The predicted octanol–water partition coefficient (Wildman–Crippen LogP) is 0.153. The lowest BCUT2D eigenvalue weighted by Crippen LogP contribution is -2.45. The Morgan fingerprint density at radius 1 is 1.47 bits per heavy atom. The average Bonchev–Trinajstić information content (AvgIpc) is 2.00. The number of carbonyl (C=O) groups is 2. The van der Waals surface area contributed by atoms with Gasteiger partial charge in [0.25, 0.3) is 0 Å². The summed E-state index contributed by atoms with van der Waals surface area (Å²) >= 11 is 0. The number of hydrogen-bond donors (Lipinski definition) is 3. The lowest BCUT2D eigenvalue weighted by molar-refractivity contribution is -0.139. The van der Waals surface area contributed by atoms with Crippen molar-refractivity contribution in [3.8, 4) is 0 Å². The van der Waals surface area contributed by atoms with Crippen LogP contribution in [0.5, 0.6) is 0 Å². The fourth-order valence-corrected chi connectivity index (χ4v) is 1.22. The van der Waals surface area contributed by atoms with Crippen LogP contribution in [0.15, 0.2) is 0 Å². The van der Waals surface area contributed by atoms with Gasteiger partial charge in [0.05, 0.1) is 12.5 Å². The summed E-state index contributed by atoms with van der Waals surface area (Å²) in [5.41, 5.74) is 5.38. The van der Waals surface area contributed by atoms with Crippen molar-refractivity contribution >= 4 is 11.9 Å². The van der Waals surface area contributed by atoms with Gasteiger partial charge in [0.2, 0.25) is 5.91 Å². The van der Waals surface area contributed by atoms with Crippen molar-refractivity contribution in [1.29, 1.82) is 0 Å². The van der Waals surface area contributed by atoms with Crippen LogP contribution in [0.4, 0.5) is 0 Å². The second kappa shape index (κ2) is 6.40. The lowest BCUT2D eigenvalue weighted by Gasteiger charge is -2.18. The maximum Gasteiger partial charge on any atom is 0.305 e. The fourth-order valence-electron chi connectivity index (χ4n) is 1.22. The summed E-state index contributed by atoms with van der Waals surface area (Å²) in [7, 11) is 0. The number of carbonyl (C=O) groups excluding carboxylic acids is 1. The van der Waals surface area contributed by atoms with Crippen molar-refractivity contribution in [3.05, 3.63) is 6.92 Å². The molecule has 15 heavy (non-hydrogen) atoms. The topological polar surface area (TPSA) is 92.4 Å². The third-order valence-electron chi connectivity index (χ3n) is 1.83. The standard InChI is InChI=1S/C10H19N2O3/c1-6(2)4-7(3)12-10(15)8(11)5-9(13)14/h6-8H,3-5,11H2,1-2H3,(H,12,15)(H,13,14). The number of nitrogens with two attached hydrogens (primary N) is 1. The zero-order chi connectivity index (χ0) is 12.0. The van der Waals surface area contributed by atoms with Gasteiger partial charge in [0, 0.05) is 6.04 Å². The molecule has 0 aliphatic rings. The number of aliphatic carboxylic acids is 1. The molecule has 0 aliphatic heterocycles. The summed E-state index contributed by atoms with van der Waals surface area (Å²) in [5.74, 6) is -1.12. The molecule has 0 aromatic carbocycles. The highest BCUT2D eigenvalue weighted by Gasteiger charge is 2.18. The molecule has 4 N–H and O–H groups in total. The maximum atomic E-state index is 11.3. The van der Waals surface area contributed by atoms with Gasteiger partial charge < -0.3 is 16.2 Å². The number of rotatable bonds is 6. The van der Waals surface area contributed by atoms with Crippen molar-refractivity contribution in [3.63, 3.8) is 0 Å². The zero-order valence-corrected chi connectivity index (χ0v) is 9.19. The number of amides is 1. The molecule has 0 bridgehead atoms. The molecule has 2 atom stereocenters. The first-order chi connectivity index (χ1) is 6.82. The summed E-state index contributed by atoms with van der Waals surface area (Å²) in [6.07, 6.45) is 0.381. The Morgan fingerprint density at radius 3 is 2.40 bits per heavy atom. The Labute approximate surface area is 90.0 Å². The van der Waals surface area contributed by atoms with Crippen molar-refractivity contribution in [2.75, 3.05) is 0 Å². The summed E-state index contributed by atoms with van der Waals surface area (Å²) < 4.78 is 0. The molecule has 5 nitrogen and oxygen atoms in total. The van der Waals surface area contributed by atoms with Crippen LogP contribution in [-0.4, -0.2) is 29.1 Å². The molecule has 0 aliphatic carbocycles. The van der Waals surface area contributed by atoms with E-state index in [0.29, 0.717) is 5.92 Å². The van der Waals surface area contributed by atoms with Gasteiger partial charge in [-0.15, -0.1) is 0 Å². The van der Waals surface area contributed by atoms with Crippen LogP contribution < -0.4 is 11.1 Å². The molecule has 0 rings (SSSR count). The molecule has 2 unspecified atom stereocenters. The van der Waals surface area contributed by atoms with Gasteiger partial charge in [-0.2, -0.15) is 0 Å². The van der Waals surface area contributed by atoms with Crippen molar-refractivity contribution in [1.82, 2.24) is 5.32 Å². The van der Waals surface area contributed by atoms with E-state index in [-0.39, 0.29) is 12.5 Å². The molecule has 0 heterocycles. The van der Waals surface area contributed by atoms with Crippen LogP contribution in [-0.2, 0) is 9.59 Å². The minimum Gasteiger partial charge on any atom is -0.481 e. The minimum absolute atomic E-state index is 0.225. The molecular weight excluding hydrogens is 196 g/mol. The van der Waals surface area contributed by atoms with E-state index in [1.54, 1.807) is 0 Å². The van der Waals surface area contributed by atoms with E-state index < -0.39 is 17.9 Å². The second-order valence-corrected chi connectivity index (χ2v) is 4.04. The largest absolute Gasteiger partial charge is 0.481 e. The molecule has 1 radical (unpaired) electrons. The smallest absolute Gasteiger partial charge is 0.305 e. The Morgan fingerprint density at radius 2 is 2.00 bits per heavy atom. The van der Waals surface area contributed by atoms with Gasteiger partial charge in [0.15, 0.2) is 0 Å². The van der Waals surface area contributed by atoms with Gasteiger partial charge in [-0.25, -0.2) is 0 Å². The van der Waals surface area contributed by atoms with Gasteiger partial charge in [-0.1, -0.05) is 13.8 Å². The monoisotopic (exact) mass is 215 g/mol. The maximum absolute atomic E-state index is 11.3. The van der Waals surface area contributed by atoms with Crippen molar-refractivity contribution in [2.45, 2.75) is 38.8 Å². The summed E-state index contributed by atoms with van der Waals surface area (Å²) in [5, 5.41) is 11.0. The molecule has 5 heteroatoms. The predicted molar refractivity (Wildman–Crippen MR) is 57.0 cm³/mol. The van der Waals surface area contributed by atoms with E-state index in [2.05, 4.69) is 12.2 Å². The summed E-state index contributed by atoms with van der Waals surface area (Å²) in [4.78, 5) is 21.6. The molecule has 0 fully saturated rings. The molecule has 87 valence electrons. The number of carboxylic acids is 1. The Balaban J connectivity index is 3.95. The van der Waals surface area contributed by atoms with Crippen LogP contribution in [0.3, 0.4) is 0 Å². The fraction of sp³-hybridized carbons (Fsp3) is 0.700. The Hall–Kier alpha value is -1.10. The average molecular weight is 215 g/mol. The number of hydrogen-bond acceptors (Lipinski definition) is 3. The quantitative estimate of drug-likeness (QED) is 0.588. The third-order valence-corrected chi connectivity index (χ3v) is 1.83. The molecule has 0 spiro atoms. The van der Waals surface area contributed by atoms with Gasteiger partial charge >= 0.3 is 5.97 Å². The highest BCUT2D eigenvalue weighted by atomic mass is 16.4.